The number of aryl methyl sites for hydroxylation is 2. The first-order valence-corrected chi connectivity index (χ1v) is 15.9. The average molecular weight is 576 g/mol. The van der Waals surface area contributed by atoms with Crippen LogP contribution in [-0.4, -0.2) is 43.8 Å². The fourth-order valence-electron chi connectivity index (χ4n) is 5.47. The van der Waals surface area contributed by atoms with E-state index in [-0.39, 0.29) is 23.4 Å². The Labute approximate surface area is 244 Å². The van der Waals surface area contributed by atoms with Crippen molar-refractivity contribution in [3.05, 3.63) is 95.6 Å². The Kier molecular flexibility index (Phi) is 10.2. The first-order chi connectivity index (χ1) is 19.7. The van der Waals surface area contributed by atoms with E-state index in [0.717, 1.165) is 46.7 Å². The molecule has 8 heteroatoms. The zero-order chi connectivity index (χ0) is 29.4. The molecule has 1 saturated carbocycles. The summed E-state index contributed by atoms with van der Waals surface area (Å²) in [6, 6.07) is 22.4. The van der Waals surface area contributed by atoms with Gasteiger partial charge in [-0.25, -0.2) is 8.42 Å². The molecular formula is C33H41N3O4S. The zero-order valence-corrected chi connectivity index (χ0v) is 25.1. The number of sulfonamides is 1. The Morgan fingerprint density at radius 2 is 1.59 bits per heavy atom. The molecule has 1 N–H and O–H groups in total. The van der Waals surface area contributed by atoms with Crippen molar-refractivity contribution in [3.63, 3.8) is 0 Å². The van der Waals surface area contributed by atoms with Crippen molar-refractivity contribution < 1.29 is 18.0 Å². The molecule has 1 fully saturated rings. The van der Waals surface area contributed by atoms with E-state index >= 15 is 0 Å². The van der Waals surface area contributed by atoms with Gasteiger partial charge in [0.25, 0.3) is 10.0 Å². The summed E-state index contributed by atoms with van der Waals surface area (Å²) in [4.78, 5) is 29.5. The van der Waals surface area contributed by atoms with Gasteiger partial charge in [-0.2, -0.15) is 0 Å². The zero-order valence-electron chi connectivity index (χ0n) is 24.3. The van der Waals surface area contributed by atoms with Gasteiger partial charge in [0.1, 0.15) is 12.6 Å². The SMILES string of the molecule is CCC(C(=O)NC1CCCCC1)N(Cc1ccccc1C)C(=O)CN(c1cccc(C)c1)S(=O)(=O)c1ccccc1. The summed E-state index contributed by atoms with van der Waals surface area (Å²) in [6.07, 6.45) is 5.61. The fourth-order valence-corrected chi connectivity index (χ4v) is 6.89. The van der Waals surface area contributed by atoms with Crippen molar-refractivity contribution in [1.29, 1.82) is 0 Å². The summed E-state index contributed by atoms with van der Waals surface area (Å²) in [5.41, 5.74) is 3.19. The Morgan fingerprint density at radius 3 is 2.24 bits per heavy atom. The number of anilines is 1. The van der Waals surface area contributed by atoms with Crippen molar-refractivity contribution in [2.75, 3.05) is 10.8 Å². The molecule has 1 aliphatic carbocycles. The van der Waals surface area contributed by atoms with Crippen molar-refractivity contribution >= 4 is 27.5 Å². The summed E-state index contributed by atoms with van der Waals surface area (Å²) >= 11 is 0. The van der Waals surface area contributed by atoms with E-state index in [1.807, 2.05) is 51.1 Å². The largest absolute Gasteiger partial charge is 0.352 e. The lowest BCUT2D eigenvalue weighted by Gasteiger charge is -2.34. The van der Waals surface area contributed by atoms with E-state index in [9.17, 15) is 18.0 Å². The van der Waals surface area contributed by atoms with Crippen LogP contribution in [0.15, 0.2) is 83.8 Å². The molecule has 4 rings (SSSR count). The van der Waals surface area contributed by atoms with Crippen LogP contribution in [-0.2, 0) is 26.2 Å². The Hall–Kier alpha value is -3.65. The number of carbonyl (C=O) groups is 2. The smallest absolute Gasteiger partial charge is 0.264 e. The third kappa shape index (κ3) is 7.55. The summed E-state index contributed by atoms with van der Waals surface area (Å²) in [5.74, 6) is -0.616. The van der Waals surface area contributed by atoms with E-state index in [1.54, 1.807) is 41.3 Å². The van der Waals surface area contributed by atoms with Crippen LogP contribution in [0.25, 0.3) is 0 Å². The van der Waals surface area contributed by atoms with Crippen LogP contribution in [0.5, 0.6) is 0 Å². The van der Waals surface area contributed by atoms with Gasteiger partial charge in [0.15, 0.2) is 0 Å². The van der Waals surface area contributed by atoms with Crippen molar-refractivity contribution in [3.8, 4) is 0 Å². The average Bonchev–Trinajstić information content (AvgIpc) is 2.97. The molecule has 0 bridgehead atoms. The quantitative estimate of drug-likeness (QED) is 0.315. The molecule has 0 saturated heterocycles. The lowest BCUT2D eigenvalue weighted by Crippen LogP contribution is -2.54. The molecule has 0 heterocycles. The normalized spacial score (nSPS) is 14.7. The van der Waals surface area contributed by atoms with Gasteiger partial charge < -0.3 is 10.2 Å². The van der Waals surface area contributed by atoms with Crippen molar-refractivity contribution in [2.45, 2.75) is 82.8 Å². The molecule has 2 amide bonds. The highest BCUT2D eigenvalue weighted by atomic mass is 32.2. The lowest BCUT2D eigenvalue weighted by atomic mass is 9.95. The van der Waals surface area contributed by atoms with E-state index in [4.69, 9.17) is 0 Å². The second-order valence-corrected chi connectivity index (χ2v) is 12.7. The molecule has 1 unspecified atom stereocenters. The first-order valence-electron chi connectivity index (χ1n) is 14.5. The van der Waals surface area contributed by atoms with Gasteiger partial charge in [-0.3, -0.25) is 13.9 Å². The van der Waals surface area contributed by atoms with Gasteiger partial charge in [-0.05, 0) is 74.1 Å². The third-order valence-electron chi connectivity index (χ3n) is 7.84. The molecule has 0 aromatic heterocycles. The maximum Gasteiger partial charge on any atom is 0.264 e. The van der Waals surface area contributed by atoms with E-state index in [0.29, 0.717) is 12.1 Å². The topological polar surface area (TPSA) is 86.8 Å². The van der Waals surface area contributed by atoms with Crippen LogP contribution < -0.4 is 9.62 Å². The molecule has 1 aliphatic rings. The van der Waals surface area contributed by atoms with Crippen molar-refractivity contribution in [1.82, 2.24) is 10.2 Å². The van der Waals surface area contributed by atoms with Crippen LogP contribution in [0.1, 0.15) is 62.1 Å². The van der Waals surface area contributed by atoms with Crippen LogP contribution in [0.3, 0.4) is 0 Å². The summed E-state index contributed by atoms with van der Waals surface area (Å²) in [7, 11) is -4.07. The molecule has 41 heavy (non-hydrogen) atoms. The number of amides is 2. The van der Waals surface area contributed by atoms with Gasteiger partial charge in [0.2, 0.25) is 11.8 Å². The Morgan fingerprint density at radius 1 is 0.902 bits per heavy atom. The number of nitrogens with zero attached hydrogens (tertiary/aromatic N) is 2. The van der Waals surface area contributed by atoms with Gasteiger partial charge >= 0.3 is 0 Å². The minimum Gasteiger partial charge on any atom is -0.352 e. The van der Waals surface area contributed by atoms with Crippen LogP contribution >= 0.6 is 0 Å². The minimum atomic E-state index is -4.07. The number of hydrogen-bond acceptors (Lipinski definition) is 4. The molecule has 0 radical (unpaired) electrons. The Bertz CT molecular complexity index is 1440. The number of benzene rings is 3. The van der Waals surface area contributed by atoms with E-state index in [1.165, 1.54) is 18.6 Å². The fraction of sp³-hybridized carbons (Fsp3) is 0.394. The summed E-state index contributed by atoms with van der Waals surface area (Å²) in [6.45, 7) is 5.52. The van der Waals surface area contributed by atoms with Crippen LogP contribution in [0, 0.1) is 13.8 Å². The predicted octanol–water partition coefficient (Wildman–Crippen LogP) is 5.76. The maximum atomic E-state index is 14.2. The molecule has 0 spiro atoms. The second-order valence-electron chi connectivity index (χ2n) is 10.9. The van der Waals surface area contributed by atoms with Gasteiger partial charge in [-0.15, -0.1) is 0 Å². The monoisotopic (exact) mass is 575 g/mol. The third-order valence-corrected chi connectivity index (χ3v) is 9.63. The van der Waals surface area contributed by atoms with E-state index < -0.39 is 28.5 Å². The predicted molar refractivity (Wildman–Crippen MR) is 163 cm³/mol. The molecular weight excluding hydrogens is 534 g/mol. The molecule has 3 aromatic rings. The molecule has 0 aliphatic heterocycles. The maximum absolute atomic E-state index is 14.2. The highest BCUT2D eigenvalue weighted by Crippen LogP contribution is 2.26. The number of nitrogens with one attached hydrogen (secondary N) is 1. The van der Waals surface area contributed by atoms with Gasteiger partial charge in [0, 0.05) is 12.6 Å². The number of carbonyl (C=O) groups excluding carboxylic acids is 2. The summed E-state index contributed by atoms with van der Waals surface area (Å²) in [5, 5.41) is 3.19. The Balaban J connectivity index is 1.71. The summed E-state index contributed by atoms with van der Waals surface area (Å²) < 4.78 is 29.0. The first kappa shape index (κ1) is 30.3. The molecule has 218 valence electrons. The van der Waals surface area contributed by atoms with Crippen LogP contribution in [0.2, 0.25) is 0 Å². The highest BCUT2D eigenvalue weighted by Gasteiger charge is 2.34. The van der Waals surface area contributed by atoms with Gasteiger partial charge in [-0.1, -0.05) is 80.8 Å². The minimum absolute atomic E-state index is 0.0989. The number of hydrogen-bond donors (Lipinski definition) is 1. The molecule has 7 nitrogen and oxygen atoms in total. The number of rotatable bonds is 11. The standard InChI is InChI=1S/C33H41N3O4S/c1-4-31(33(38)34-28-17-7-5-8-18-28)35(23-27-16-12-11-15-26(27)3)32(37)24-36(29-19-13-14-25(2)22-29)41(39,40)30-20-9-6-10-21-30/h6,9-16,19-22,28,31H,4-5,7-8,17-18,23-24H2,1-3H3,(H,34,38). The van der Waals surface area contributed by atoms with Crippen molar-refractivity contribution in [2.24, 2.45) is 0 Å². The molecule has 3 aromatic carbocycles. The van der Waals surface area contributed by atoms with E-state index in [2.05, 4.69) is 5.32 Å². The lowest BCUT2D eigenvalue weighted by molar-refractivity contribution is -0.140. The second kappa shape index (κ2) is 13.8. The van der Waals surface area contributed by atoms with Crippen LogP contribution in [0.4, 0.5) is 5.69 Å². The highest BCUT2D eigenvalue weighted by molar-refractivity contribution is 7.92. The molecule has 1 atom stereocenters. The van der Waals surface area contributed by atoms with Gasteiger partial charge in [0.05, 0.1) is 10.6 Å².